The van der Waals surface area contributed by atoms with Crippen LogP contribution in [0.2, 0.25) is 0 Å². The van der Waals surface area contributed by atoms with Crippen LogP contribution >= 0.6 is 0 Å². The van der Waals surface area contributed by atoms with Crippen LogP contribution in [0.4, 0.5) is 5.69 Å². The van der Waals surface area contributed by atoms with Crippen molar-refractivity contribution in [2.24, 2.45) is 0 Å². The lowest BCUT2D eigenvalue weighted by Gasteiger charge is -2.14. The molecule has 1 aromatic heterocycles. The number of aromatic nitrogens is 2. The molecule has 2 N–H and O–H groups in total. The molecule has 1 heterocycles. The van der Waals surface area contributed by atoms with Crippen molar-refractivity contribution in [2.75, 3.05) is 33.8 Å². The van der Waals surface area contributed by atoms with E-state index in [-0.39, 0.29) is 5.91 Å². The summed E-state index contributed by atoms with van der Waals surface area (Å²) >= 11 is 0. The Morgan fingerprint density at radius 1 is 0.931 bits per heavy atom. The van der Waals surface area contributed by atoms with Crippen molar-refractivity contribution < 1.29 is 23.7 Å². The number of carbonyl (C=O) groups is 1. The van der Waals surface area contributed by atoms with Crippen molar-refractivity contribution in [3.8, 4) is 34.3 Å². The van der Waals surface area contributed by atoms with E-state index < -0.39 is 0 Å². The normalized spacial score (nSPS) is 10.4. The molecule has 0 atom stereocenters. The molecule has 152 valence electrons. The minimum atomic E-state index is -0.382. The van der Waals surface area contributed by atoms with Crippen molar-refractivity contribution in [1.29, 1.82) is 0 Å². The first-order valence-corrected chi connectivity index (χ1v) is 8.83. The summed E-state index contributed by atoms with van der Waals surface area (Å²) < 4.78 is 21.5. The van der Waals surface area contributed by atoms with Crippen molar-refractivity contribution in [1.82, 2.24) is 10.2 Å². The van der Waals surface area contributed by atoms with Gasteiger partial charge in [0, 0.05) is 5.56 Å². The molecule has 8 nitrogen and oxygen atoms in total. The molecule has 1 amide bonds. The summed E-state index contributed by atoms with van der Waals surface area (Å²) in [4.78, 5) is 13.1. The number of H-pyrrole nitrogens is 1. The molecule has 0 unspecified atom stereocenters. The molecule has 0 radical (unpaired) electrons. The fourth-order valence-corrected chi connectivity index (χ4v) is 3.03. The zero-order valence-electron chi connectivity index (χ0n) is 17.0. The number of carbonyl (C=O) groups excluding carboxylic acids is 1. The lowest BCUT2D eigenvalue weighted by molar-refractivity contribution is 0.102. The van der Waals surface area contributed by atoms with Gasteiger partial charge in [-0.1, -0.05) is 6.07 Å². The van der Waals surface area contributed by atoms with Crippen LogP contribution in [-0.4, -0.2) is 44.5 Å². The van der Waals surface area contributed by atoms with Gasteiger partial charge in [0.1, 0.15) is 34.3 Å². The number of amides is 1. The summed E-state index contributed by atoms with van der Waals surface area (Å²) in [5.74, 6) is 1.67. The largest absolute Gasteiger partial charge is 0.497 e. The van der Waals surface area contributed by atoms with Crippen LogP contribution in [-0.2, 0) is 0 Å². The smallest absolute Gasteiger partial charge is 0.263 e. The number of methoxy groups -OCH3 is 4. The number of nitrogens with zero attached hydrogens (tertiary/aromatic N) is 1. The number of anilines is 1. The van der Waals surface area contributed by atoms with Gasteiger partial charge in [-0.2, -0.15) is 5.10 Å². The van der Waals surface area contributed by atoms with E-state index >= 15 is 0 Å². The Kier molecular flexibility index (Phi) is 5.92. The highest BCUT2D eigenvalue weighted by molar-refractivity contribution is 6.10. The summed E-state index contributed by atoms with van der Waals surface area (Å²) in [7, 11) is 6.16. The molecular weight excluding hydrogens is 374 g/mol. The third-order valence-electron chi connectivity index (χ3n) is 4.50. The molecule has 0 spiro atoms. The summed E-state index contributed by atoms with van der Waals surface area (Å²) in [6.07, 6.45) is 0. The predicted molar refractivity (Wildman–Crippen MR) is 109 cm³/mol. The number of benzene rings is 2. The van der Waals surface area contributed by atoms with Crippen molar-refractivity contribution in [2.45, 2.75) is 6.92 Å². The highest BCUT2D eigenvalue weighted by Gasteiger charge is 2.23. The third kappa shape index (κ3) is 3.82. The molecule has 2 aromatic carbocycles. The highest BCUT2D eigenvalue weighted by atomic mass is 16.5. The van der Waals surface area contributed by atoms with Gasteiger partial charge >= 0.3 is 0 Å². The Labute approximate surface area is 168 Å². The first-order valence-electron chi connectivity index (χ1n) is 8.83. The third-order valence-corrected chi connectivity index (χ3v) is 4.50. The van der Waals surface area contributed by atoms with Gasteiger partial charge in [-0.15, -0.1) is 0 Å². The molecule has 0 bridgehead atoms. The van der Waals surface area contributed by atoms with Crippen LogP contribution in [0.25, 0.3) is 11.3 Å². The van der Waals surface area contributed by atoms with Crippen LogP contribution < -0.4 is 24.3 Å². The number of ether oxygens (including phenoxy) is 4. The Morgan fingerprint density at radius 3 is 2.17 bits per heavy atom. The second-order valence-corrected chi connectivity index (χ2v) is 6.13. The maximum Gasteiger partial charge on any atom is 0.263 e. The topological polar surface area (TPSA) is 94.7 Å². The zero-order valence-corrected chi connectivity index (χ0v) is 17.0. The van der Waals surface area contributed by atoms with Gasteiger partial charge in [0.25, 0.3) is 5.91 Å². The van der Waals surface area contributed by atoms with Crippen molar-refractivity contribution >= 4 is 11.6 Å². The lowest BCUT2D eigenvalue weighted by Crippen LogP contribution is -2.15. The SMILES string of the molecule is COc1ccc(OC)c(-c2n[nH]c(C)c2NC(=O)c2c(OC)cccc2OC)c1. The van der Waals surface area contributed by atoms with E-state index in [4.69, 9.17) is 18.9 Å². The van der Waals surface area contributed by atoms with Crippen LogP contribution in [0, 0.1) is 6.92 Å². The predicted octanol–water partition coefficient (Wildman–Crippen LogP) is 3.67. The van der Waals surface area contributed by atoms with E-state index in [1.54, 1.807) is 50.6 Å². The molecule has 29 heavy (non-hydrogen) atoms. The molecule has 0 aliphatic rings. The fraction of sp³-hybridized carbons (Fsp3) is 0.238. The van der Waals surface area contributed by atoms with E-state index in [1.165, 1.54) is 14.2 Å². The average Bonchev–Trinajstić information content (AvgIpc) is 3.12. The second-order valence-electron chi connectivity index (χ2n) is 6.13. The number of hydrogen-bond acceptors (Lipinski definition) is 6. The molecule has 0 saturated heterocycles. The van der Waals surface area contributed by atoms with Crippen LogP contribution in [0.3, 0.4) is 0 Å². The summed E-state index contributed by atoms with van der Waals surface area (Å²) in [6.45, 7) is 1.82. The standard InChI is InChI=1S/C21H23N3O5/c1-12-19(22-21(25)18-16(28-4)7-6-8-17(18)29-5)20(24-23-12)14-11-13(26-2)9-10-15(14)27-3/h6-11H,1-5H3,(H,22,25)(H,23,24). The van der Waals surface area contributed by atoms with E-state index in [0.717, 1.165) is 0 Å². The van der Waals surface area contributed by atoms with Crippen molar-refractivity contribution in [3.05, 3.63) is 47.7 Å². The summed E-state index contributed by atoms with van der Waals surface area (Å²) in [5.41, 5.74) is 2.71. The molecular formula is C21H23N3O5. The number of hydrogen-bond donors (Lipinski definition) is 2. The minimum Gasteiger partial charge on any atom is -0.497 e. The van der Waals surface area contributed by atoms with E-state index in [1.807, 2.05) is 6.92 Å². The molecule has 3 aromatic rings. The van der Waals surface area contributed by atoms with Gasteiger partial charge < -0.3 is 24.3 Å². The maximum absolute atomic E-state index is 13.1. The summed E-state index contributed by atoms with van der Waals surface area (Å²) in [5, 5.41) is 10.2. The minimum absolute atomic E-state index is 0.293. The van der Waals surface area contributed by atoms with Crippen LogP contribution in [0.5, 0.6) is 23.0 Å². The Bertz CT molecular complexity index is 1010. The molecule has 0 aliphatic carbocycles. The van der Waals surface area contributed by atoms with Gasteiger partial charge in [0.2, 0.25) is 0 Å². The van der Waals surface area contributed by atoms with Gasteiger partial charge in [-0.3, -0.25) is 9.89 Å². The Morgan fingerprint density at radius 2 is 1.59 bits per heavy atom. The highest BCUT2D eigenvalue weighted by Crippen LogP contribution is 2.38. The quantitative estimate of drug-likeness (QED) is 0.632. The maximum atomic E-state index is 13.1. The van der Waals surface area contributed by atoms with Gasteiger partial charge in [-0.05, 0) is 37.3 Å². The van der Waals surface area contributed by atoms with E-state index in [0.29, 0.717) is 51.2 Å². The lowest BCUT2D eigenvalue weighted by atomic mass is 10.1. The average molecular weight is 397 g/mol. The molecule has 3 rings (SSSR count). The first-order chi connectivity index (χ1) is 14.0. The van der Waals surface area contributed by atoms with Crippen LogP contribution in [0.15, 0.2) is 36.4 Å². The van der Waals surface area contributed by atoms with Crippen LogP contribution in [0.1, 0.15) is 16.1 Å². The Balaban J connectivity index is 2.06. The number of aryl methyl sites for hydroxylation is 1. The van der Waals surface area contributed by atoms with Gasteiger partial charge in [-0.25, -0.2) is 0 Å². The number of rotatable bonds is 7. The monoisotopic (exact) mass is 397 g/mol. The zero-order chi connectivity index (χ0) is 21.0. The molecule has 8 heteroatoms. The second kappa shape index (κ2) is 8.55. The van der Waals surface area contributed by atoms with Gasteiger partial charge in [0.05, 0.1) is 39.8 Å². The van der Waals surface area contributed by atoms with E-state index in [2.05, 4.69) is 15.5 Å². The first kappa shape index (κ1) is 20.1. The Hall–Kier alpha value is -3.68. The van der Waals surface area contributed by atoms with Gasteiger partial charge in [0.15, 0.2) is 0 Å². The number of nitrogens with one attached hydrogen (secondary N) is 2. The molecule has 0 aliphatic heterocycles. The summed E-state index contributed by atoms with van der Waals surface area (Å²) in [6, 6.07) is 10.5. The molecule has 0 fully saturated rings. The number of aromatic amines is 1. The van der Waals surface area contributed by atoms with Crippen molar-refractivity contribution in [3.63, 3.8) is 0 Å². The molecule has 0 saturated carbocycles. The fourth-order valence-electron chi connectivity index (χ4n) is 3.03. The van der Waals surface area contributed by atoms with E-state index in [9.17, 15) is 4.79 Å².